The summed E-state index contributed by atoms with van der Waals surface area (Å²) in [6, 6.07) is 0.676. The highest BCUT2D eigenvalue weighted by Crippen LogP contribution is 2.07. The number of rotatable bonds is 9. The van der Waals surface area contributed by atoms with E-state index in [4.69, 9.17) is 0 Å². The van der Waals surface area contributed by atoms with E-state index in [2.05, 4.69) is 51.8 Å². The number of allylic oxidation sites excluding steroid dienone is 2. The third-order valence-electron chi connectivity index (χ3n) is 3.08. The molecule has 16 heavy (non-hydrogen) atoms. The summed E-state index contributed by atoms with van der Waals surface area (Å²) in [6.45, 7) is 10.3. The molecule has 0 aliphatic heterocycles. The first-order valence-corrected chi connectivity index (χ1v) is 6.89. The fraction of sp³-hybridized carbons (Fsp3) is 0.867. The minimum absolute atomic E-state index is 0.676. The number of hydrogen-bond acceptors (Lipinski definition) is 1. The average molecular weight is 225 g/mol. The van der Waals surface area contributed by atoms with Gasteiger partial charge in [-0.05, 0) is 59.0 Å². The number of unbranched alkanes of at least 4 members (excludes halogenated alkanes) is 2. The minimum atomic E-state index is 0.676. The summed E-state index contributed by atoms with van der Waals surface area (Å²) < 4.78 is 0. The van der Waals surface area contributed by atoms with Crippen molar-refractivity contribution in [2.24, 2.45) is 5.92 Å². The van der Waals surface area contributed by atoms with E-state index in [0.717, 1.165) is 5.92 Å². The van der Waals surface area contributed by atoms with Gasteiger partial charge in [0.05, 0.1) is 0 Å². The van der Waals surface area contributed by atoms with Crippen molar-refractivity contribution in [3.63, 3.8) is 0 Å². The van der Waals surface area contributed by atoms with Crippen molar-refractivity contribution < 1.29 is 0 Å². The van der Waals surface area contributed by atoms with Crippen LogP contribution in [0, 0.1) is 5.92 Å². The number of nitrogens with zero attached hydrogens (tertiary/aromatic N) is 1. The fourth-order valence-electron chi connectivity index (χ4n) is 1.60. The molecule has 1 heteroatoms. The molecule has 0 spiro atoms. The van der Waals surface area contributed by atoms with E-state index in [1.165, 1.54) is 38.6 Å². The lowest BCUT2D eigenvalue weighted by atomic mass is 10.1. The largest absolute Gasteiger partial charge is 0.304 e. The number of hydrogen-bond donors (Lipinski definition) is 0. The molecule has 0 aromatic carbocycles. The minimum Gasteiger partial charge on any atom is -0.304 e. The summed E-state index contributed by atoms with van der Waals surface area (Å²) in [5.74, 6) is 0.855. The molecule has 0 rings (SSSR count). The predicted molar refractivity (Wildman–Crippen MR) is 74.8 cm³/mol. The lowest BCUT2D eigenvalue weighted by molar-refractivity contribution is 0.271. The monoisotopic (exact) mass is 225 g/mol. The first-order chi connectivity index (χ1) is 7.54. The van der Waals surface area contributed by atoms with Gasteiger partial charge in [-0.25, -0.2) is 0 Å². The second-order valence-electron chi connectivity index (χ2n) is 5.51. The van der Waals surface area contributed by atoms with Gasteiger partial charge in [-0.1, -0.05) is 32.4 Å². The van der Waals surface area contributed by atoms with Gasteiger partial charge < -0.3 is 4.90 Å². The van der Waals surface area contributed by atoms with Gasteiger partial charge in [0.25, 0.3) is 0 Å². The maximum Gasteiger partial charge on any atom is 0.00355 e. The van der Waals surface area contributed by atoms with Gasteiger partial charge in [-0.3, -0.25) is 0 Å². The summed E-state index contributed by atoms with van der Waals surface area (Å²) in [6.07, 6.45) is 11.2. The van der Waals surface area contributed by atoms with Gasteiger partial charge in [0, 0.05) is 6.04 Å². The van der Waals surface area contributed by atoms with E-state index in [0.29, 0.717) is 6.04 Å². The maximum absolute atomic E-state index is 2.41. The molecule has 96 valence electrons. The van der Waals surface area contributed by atoms with Gasteiger partial charge in [-0.15, -0.1) is 0 Å². The lowest BCUT2D eigenvalue weighted by Crippen LogP contribution is -2.27. The molecule has 1 nitrogen and oxygen atoms in total. The van der Waals surface area contributed by atoms with Crippen LogP contribution in [0.5, 0.6) is 0 Å². The zero-order valence-electron chi connectivity index (χ0n) is 12.0. The molecule has 0 aromatic heterocycles. The third kappa shape index (κ3) is 10.2. The molecule has 0 amide bonds. The van der Waals surface area contributed by atoms with Crippen molar-refractivity contribution in [3.05, 3.63) is 12.2 Å². The fourth-order valence-corrected chi connectivity index (χ4v) is 1.60. The summed E-state index contributed by atoms with van der Waals surface area (Å²) in [7, 11) is 2.21. The Morgan fingerprint density at radius 2 is 1.50 bits per heavy atom. The van der Waals surface area contributed by atoms with E-state index in [1.807, 2.05) is 0 Å². The average Bonchev–Trinajstić information content (AvgIpc) is 2.21. The van der Waals surface area contributed by atoms with Crippen LogP contribution in [0.4, 0.5) is 0 Å². The zero-order valence-corrected chi connectivity index (χ0v) is 12.0. The van der Waals surface area contributed by atoms with Crippen molar-refractivity contribution in [2.75, 3.05) is 13.6 Å². The van der Waals surface area contributed by atoms with Crippen LogP contribution < -0.4 is 0 Å². The van der Waals surface area contributed by atoms with Crippen molar-refractivity contribution >= 4 is 0 Å². The predicted octanol–water partition coefficient (Wildman–Crippen LogP) is 4.49. The summed E-state index contributed by atoms with van der Waals surface area (Å²) >= 11 is 0. The van der Waals surface area contributed by atoms with Crippen molar-refractivity contribution in [1.29, 1.82) is 0 Å². The maximum atomic E-state index is 2.41. The third-order valence-corrected chi connectivity index (χ3v) is 3.08. The first-order valence-electron chi connectivity index (χ1n) is 6.89. The topological polar surface area (TPSA) is 3.24 Å². The molecule has 0 heterocycles. The van der Waals surface area contributed by atoms with Crippen LogP contribution in [0.1, 0.15) is 59.8 Å². The summed E-state index contributed by atoms with van der Waals surface area (Å²) in [4.78, 5) is 2.41. The Bertz CT molecular complexity index is 170. The lowest BCUT2D eigenvalue weighted by Gasteiger charge is -2.20. The van der Waals surface area contributed by atoms with Crippen LogP contribution in [0.3, 0.4) is 0 Å². The van der Waals surface area contributed by atoms with Crippen LogP contribution in [0.25, 0.3) is 0 Å². The SMILES string of the molecule is CC(C)CCC/C=C/CCCN(C)C(C)C. The second-order valence-corrected chi connectivity index (χ2v) is 5.51. The van der Waals surface area contributed by atoms with Gasteiger partial charge in [0.15, 0.2) is 0 Å². The van der Waals surface area contributed by atoms with Crippen LogP contribution in [0.2, 0.25) is 0 Å². The Hall–Kier alpha value is -0.300. The highest BCUT2D eigenvalue weighted by molar-refractivity contribution is 4.81. The van der Waals surface area contributed by atoms with E-state index in [-0.39, 0.29) is 0 Å². The standard InChI is InChI=1S/C15H31N/c1-14(2)12-10-8-6-7-9-11-13-16(5)15(3)4/h6-7,14-15H,8-13H2,1-5H3/b7-6+. The molecule has 0 fully saturated rings. The van der Waals surface area contributed by atoms with E-state index < -0.39 is 0 Å². The molecule has 0 atom stereocenters. The molecule has 0 bridgehead atoms. The molecule has 0 N–H and O–H groups in total. The molecule has 0 radical (unpaired) electrons. The van der Waals surface area contributed by atoms with Crippen molar-refractivity contribution in [3.8, 4) is 0 Å². The molecule has 0 saturated carbocycles. The Kier molecular flexibility index (Phi) is 9.71. The van der Waals surface area contributed by atoms with Crippen molar-refractivity contribution in [2.45, 2.75) is 65.8 Å². The molecular weight excluding hydrogens is 194 g/mol. The van der Waals surface area contributed by atoms with Gasteiger partial charge in [0.2, 0.25) is 0 Å². The molecule has 0 aliphatic carbocycles. The molecular formula is C15H31N. The quantitative estimate of drug-likeness (QED) is 0.413. The highest BCUT2D eigenvalue weighted by Gasteiger charge is 2.00. The molecule has 0 saturated heterocycles. The first kappa shape index (κ1) is 15.7. The molecule has 0 unspecified atom stereocenters. The summed E-state index contributed by atoms with van der Waals surface area (Å²) in [5.41, 5.74) is 0. The van der Waals surface area contributed by atoms with Crippen molar-refractivity contribution in [1.82, 2.24) is 4.90 Å². The Balaban J connectivity index is 3.28. The second kappa shape index (κ2) is 9.89. The van der Waals surface area contributed by atoms with Crippen LogP contribution in [-0.2, 0) is 0 Å². The van der Waals surface area contributed by atoms with E-state index in [1.54, 1.807) is 0 Å². The Labute approximate surface area is 103 Å². The van der Waals surface area contributed by atoms with Gasteiger partial charge in [-0.2, -0.15) is 0 Å². The smallest absolute Gasteiger partial charge is 0.00355 e. The molecule has 0 aromatic rings. The van der Waals surface area contributed by atoms with Crippen LogP contribution in [-0.4, -0.2) is 24.5 Å². The van der Waals surface area contributed by atoms with Gasteiger partial charge >= 0.3 is 0 Å². The van der Waals surface area contributed by atoms with Crippen LogP contribution in [0.15, 0.2) is 12.2 Å². The van der Waals surface area contributed by atoms with E-state index in [9.17, 15) is 0 Å². The Morgan fingerprint density at radius 3 is 2.00 bits per heavy atom. The summed E-state index contributed by atoms with van der Waals surface area (Å²) in [5, 5.41) is 0. The normalized spacial score (nSPS) is 12.5. The molecule has 0 aliphatic rings. The van der Waals surface area contributed by atoms with E-state index >= 15 is 0 Å². The van der Waals surface area contributed by atoms with Gasteiger partial charge in [0.1, 0.15) is 0 Å². The zero-order chi connectivity index (χ0) is 12.4. The van der Waals surface area contributed by atoms with Crippen LogP contribution >= 0.6 is 0 Å². The Morgan fingerprint density at radius 1 is 0.938 bits per heavy atom. The highest BCUT2D eigenvalue weighted by atomic mass is 15.1.